The summed E-state index contributed by atoms with van der Waals surface area (Å²) in [6.07, 6.45) is -1.09. The number of nitrogens with two attached hydrogens (primary N) is 1. The minimum Gasteiger partial charge on any atom is -0.468 e. The van der Waals surface area contributed by atoms with E-state index in [0.717, 1.165) is 0 Å². The molecule has 78 valence electrons. The van der Waals surface area contributed by atoms with Crippen LogP contribution in [0.2, 0.25) is 0 Å². The average Bonchev–Trinajstić information content (AvgIpc) is 2.01. The number of carbonyl (C=O) groups is 1. The second-order valence-corrected chi connectivity index (χ2v) is 4.20. The quantitative estimate of drug-likeness (QED) is 0.683. The van der Waals surface area contributed by atoms with Crippen LogP contribution in [0.4, 0.5) is 4.39 Å². The van der Waals surface area contributed by atoms with Crippen molar-refractivity contribution in [2.24, 2.45) is 11.1 Å². The van der Waals surface area contributed by atoms with Crippen LogP contribution in [0.5, 0.6) is 0 Å². The Morgan fingerprint density at radius 3 is 2.31 bits per heavy atom. The lowest BCUT2D eigenvalue weighted by Gasteiger charge is -2.25. The molecule has 0 aliphatic rings. The van der Waals surface area contributed by atoms with Gasteiger partial charge in [0.15, 0.2) is 0 Å². The molecule has 0 saturated carbocycles. The summed E-state index contributed by atoms with van der Waals surface area (Å²) >= 11 is 0. The molecule has 0 radical (unpaired) electrons. The summed E-state index contributed by atoms with van der Waals surface area (Å²) in [7, 11) is 1.24. The summed E-state index contributed by atoms with van der Waals surface area (Å²) in [6.45, 7) is 5.30. The van der Waals surface area contributed by atoms with E-state index in [9.17, 15) is 9.18 Å². The highest BCUT2D eigenvalue weighted by Crippen LogP contribution is 2.25. The van der Waals surface area contributed by atoms with Crippen molar-refractivity contribution in [1.29, 1.82) is 0 Å². The molecule has 2 N–H and O–H groups in total. The summed E-state index contributed by atoms with van der Waals surface area (Å²) in [5, 5.41) is 0. The van der Waals surface area contributed by atoms with E-state index >= 15 is 0 Å². The fourth-order valence-corrected chi connectivity index (χ4v) is 0.824. The second-order valence-electron chi connectivity index (χ2n) is 4.20. The van der Waals surface area contributed by atoms with E-state index in [2.05, 4.69) is 4.74 Å². The predicted octanol–water partition coefficient (Wildman–Crippen LogP) is 1.26. The zero-order valence-corrected chi connectivity index (χ0v) is 8.63. The van der Waals surface area contributed by atoms with Crippen molar-refractivity contribution < 1.29 is 13.9 Å². The van der Waals surface area contributed by atoms with Crippen molar-refractivity contribution in [3.63, 3.8) is 0 Å². The van der Waals surface area contributed by atoms with Crippen LogP contribution >= 0.6 is 0 Å². The van der Waals surface area contributed by atoms with Gasteiger partial charge in [-0.1, -0.05) is 20.8 Å². The summed E-state index contributed by atoms with van der Waals surface area (Å²) in [5.41, 5.74) is 4.93. The molecular formula is C9H18FNO2. The Labute approximate surface area is 78.4 Å². The first-order chi connectivity index (χ1) is 5.79. The van der Waals surface area contributed by atoms with Crippen molar-refractivity contribution in [3.05, 3.63) is 0 Å². The number of alkyl halides is 1. The Morgan fingerprint density at radius 1 is 1.54 bits per heavy atom. The van der Waals surface area contributed by atoms with Crippen LogP contribution in [0.25, 0.3) is 0 Å². The standard InChI is InChI=1S/C9H18FNO2/c1-9(2,3)7(10)5-6(11)8(12)13-4/h6-7H,5,11H2,1-4H3. The number of ether oxygens (including phenoxy) is 1. The fourth-order valence-electron chi connectivity index (χ4n) is 0.824. The third-order valence-corrected chi connectivity index (χ3v) is 1.90. The Morgan fingerprint density at radius 2 is 2.00 bits per heavy atom. The highest BCUT2D eigenvalue weighted by Gasteiger charge is 2.28. The van der Waals surface area contributed by atoms with Crippen LogP contribution in [-0.4, -0.2) is 25.3 Å². The van der Waals surface area contributed by atoms with Gasteiger partial charge in [0.05, 0.1) is 7.11 Å². The molecule has 13 heavy (non-hydrogen) atoms. The van der Waals surface area contributed by atoms with Gasteiger partial charge in [-0.2, -0.15) is 0 Å². The van der Waals surface area contributed by atoms with E-state index in [4.69, 9.17) is 5.73 Å². The molecule has 0 aliphatic heterocycles. The van der Waals surface area contributed by atoms with E-state index in [-0.39, 0.29) is 6.42 Å². The molecule has 0 saturated heterocycles. The summed E-state index contributed by atoms with van der Waals surface area (Å²) in [6, 6.07) is -0.862. The van der Waals surface area contributed by atoms with E-state index in [1.807, 2.05) is 0 Å². The SMILES string of the molecule is COC(=O)C(N)CC(F)C(C)(C)C. The van der Waals surface area contributed by atoms with E-state index in [0.29, 0.717) is 0 Å². The smallest absolute Gasteiger partial charge is 0.322 e. The first-order valence-electron chi connectivity index (χ1n) is 4.26. The van der Waals surface area contributed by atoms with Crippen molar-refractivity contribution in [2.45, 2.75) is 39.4 Å². The van der Waals surface area contributed by atoms with Gasteiger partial charge >= 0.3 is 5.97 Å². The number of hydrogen-bond acceptors (Lipinski definition) is 3. The normalized spacial score (nSPS) is 16.5. The fraction of sp³-hybridized carbons (Fsp3) is 0.889. The topological polar surface area (TPSA) is 52.3 Å². The summed E-state index contributed by atoms with van der Waals surface area (Å²) in [4.78, 5) is 10.9. The molecule has 0 aliphatic carbocycles. The number of halogens is 1. The highest BCUT2D eigenvalue weighted by molar-refractivity contribution is 5.75. The number of carbonyl (C=O) groups excluding carboxylic acids is 1. The van der Waals surface area contributed by atoms with Gasteiger partial charge < -0.3 is 10.5 Å². The monoisotopic (exact) mass is 191 g/mol. The average molecular weight is 191 g/mol. The Hall–Kier alpha value is -0.640. The second kappa shape index (κ2) is 4.56. The largest absolute Gasteiger partial charge is 0.468 e. The maximum atomic E-state index is 13.4. The maximum absolute atomic E-state index is 13.4. The third kappa shape index (κ3) is 4.22. The molecule has 2 unspecified atom stereocenters. The zero-order chi connectivity index (χ0) is 10.6. The molecule has 0 aromatic heterocycles. The van der Waals surface area contributed by atoms with E-state index in [1.54, 1.807) is 20.8 Å². The van der Waals surface area contributed by atoms with Gasteiger partial charge in [-0.15, -0.1) is 0 Å². The van der Waals surface area contributed by atoms with E-state index in [1.165, 1.54) is 7.11 Å². The molecule has 0 spiro atoms. The van der Waals surface area contributed by atoms with Crippen LogP contribution in [0.1, 0.15) is 27.2 Å². The van der Waals surface area contributed by atoms with Gasteiger partial charge in [0, 0.05) is 6.42 Å². The third-order valence-electron chi connectivity index (χ3n) is 1.90. The molecule has 3 nitrogen and oxygen atoms in total. The van der Waals surface area contributed by atoms with Crippen LogP contribution in [-0.2, 0) is 9.53 Å². The maximum Gasteiger partial charge on any atom is 0.322 e. The molecule has 0 amide bonds. The van der Waals surface area contributed by atoms with Gasteiger partial charge in [-0.25, -0.2) is 4.39 Å². The predicted molar refractivity (Wildman–Crippen MR) is 49.0 cm³/mol. The van der Waals surface area contributed by atoms with Crippen molar-refractivity contribution in [3.8, 4) is 0 Å². The molecule has 0 aromatic carbocycles. The first kappa shape index (κ1) is 12.4. The number of hydrogen-bond donors (Lipinski definition) is 1. The minimum absolute atomic E-state index is 0.0101. The number of esters is 1. The van der Waals surface area contributed by atoms with Gasteiger partial charge in [-0.3, -0.25) is 4.79 Å². The molecule has 0 aromatic rings. The van der Waals surface area contributed by atoms with Crippen molar-refractivity contribution >= 4 is 5.97 Å². The van der Waals surface area contributed by atoms with Gasteiger partial charge in [0.25, 0.3) is 0 Å². The first-order valence-corrected chi connectivity index (χ1v) is 4.26. The Balaban J connectivity index is 4.06. The zero-order valence-electron chi connectivity index (χ0n) is 8.63. The molecule has 2 atom stereocenters. The van der Waals surface area contributed by atoms with Crippen molar-refractivity contribution in [2.75, 3.05) is 7.11 Å². The number of methoxy groups -OCH3 is 1. The van der Waals surface area contributed by atoms with Crippen LogP contribution in [0.3, 0.4) is 0 Å². The van der Waals surface area contributed by atoms with E-state index < -0.39 is 23.6 Å². The number of rotatable bonds is 3. The lowest BCUT2D eigenvalue weighted by molar-refractivity contribution is -0.142. The minimum atomic E-state index is -1.10. The lowest BCUT2D eigenvalue weighted by atomic mass is 9.87. The summed E-state index contributed by atoms with van der Waals surface area (Å²) < 4.78 is 17.8. The molecule has 0 rings (SSSR count). The highest BCUT2D eigenvalue weighted by atomic mass is 19.1. The summed E-state index contributed by atoms with van der Waals surface area (Å²) in [5.74, 6) is -0.563. The Bertz CT molecular complexity index is 177. The molecule has 4 heteroatoms. The van der Waals surface area contributed by atoms with Gasteiger partial charge in [-0.05, 0) is 5.41 Å². The van der Waals surface area contributed by atoms with Crippen molar-refractivity contribution in [1.82, 2.24) is 0 Å². The Kier molecular flexibility index (Phi) is 4.33. The van der Waals surface area contributed by atoms with Gasteiger partial charge in [0.1, 0.15) is 12.2 Å². The lowest BCUT2D eigenvalue weighted by Crippen LogP contribution is -2.37. The molecule has 0 bridgehead atoms. The molecule has 0 fully saturated rings. The van der Waals surface area contributed by atoms with Crippen LogP contribution in [0, 0.1) is 5.41 Å². The molecular weight excluding hydrogens is 173 g/mol. The van der Waals surface area contributed by atoms with Crippen LogP contribution in [0.15, 0.2) is 0 Å². The molecule has 0 heterocycles. The van der Waals surface area contributed by atoms with Gasteiger partial charge in [0.2, 0.25) is 0 Å². The van der Waals surface area contributed by atoms with Crippen LogP contribution < -0.4 is 5.73 Å².